The van der Waals surface area contributed by atoms with Crippen LogP contribution in [-0.4, -0.2) is 31.2 Å². The van der Waals surface area contributed by atoms with Gasteiger partial charge in [-0.25, -0.2) is 4.79 Å². The van der Waals surface area contributed by atoms with Gasteiger partial charge in [-0.2, -0.15) is 0 Å². The highest BCUT2D eigenvalue weighted by molar-refractivity contribution is 5.90. The zero-order valence-corrected chi connectivity index (χ0v) is 11.1. The van der Waals surface area contributed by atoms with Crippen molar-refractivity contribution in [3.8, 4) is 0 Å². The van der Waals surface area contributed by atoms with Gasteiger partial charge in [0.1, 0.15) is 0 Å². The van der Waals surface area contributed by atoms with Gasteiger partial charge in [-0.15, -0.1) is 0 Å². The van der Waals surface area contributed by atoms with Gasteiger partial charge in [0.25, 0.3) is 0 Å². The number of carbonyl (C=O) groups is 1. The number of carbonyl (C=O) groups excluding carboxylic acids is 1. The smallest absolute Gasteiger partial charge is 0.337 e. The van der Waals surface area contributed by atoms with E-state index in [2.05, 4.69) is 18.7 Å². The third kappa shape index (κ3) is 2.08. The van der Waals surface area contributed by atoms with E-state index in [1.807, 2.05) is 18.2 Å². The van der Waals surface area contributed by atoms with Crippen LogP contribution >= 0.6 is 0 Å². The second kappa shape index (κ2) is 4.61. The van der Waals surface area contributed by atoms with Gasteiger partial charge in [-0.05, 0) is 38.5 Å². The summed E-state index contributed by atoms with van der Waals surface area (Å²) in [6.45, 7) is 5.18. The van der Waals surface area contributed by atoms with E-state index in [-0.39, 0.29) is 17.6 Å². The lowest BCUT2D eigenvalue weighted by atomic mass is 9.96. The van der Waals surface area contributed by atoms with Crippen LogP contribution in [0.25, 0.3) is 0 Å². The number of nitrogens with zero attached hydrogens (tertiary/aromatic N) is 1. The average molecular weight is 248 g/mol. The van der Waals surface area contributed by atoms with Crippen LogP contribution in [0.4, 0.5) is 5.69 Å². The number of ether oxygens (including phenoxy) is 1. The molecule has 1 atom stereocenters. The number of anilines is 1. The molecule has 1 unspecified atom stereocenters. The Kier molecular flexibility index (Phi) is 3.30. The molecule has 0 aromatic heterocycles. The number of hydrogen-bond donors (Lipinski definition) is 1. The molecule has 0 amide bonds. The Bertz CT molecular complexity index is 457. The minimum absolute atomic E-state index is 0.0885. The van der Waals surface area contributed by atoms with E-state index in [9.17, 15) is 4.79 Å². The molecule has 1 aliphatic heterocycles. The number of nitrogens with two attached hydrogens (primary N) is 1. The molecular weight excluding hydrogens is 228 g/mol. The first-order valence-corrected chi connectivity index (χ1v) is 6.18. The molecule has 1 saturated heterocycles. The maximum atomic E-state index is 11.5. The average Bonchev–Trinajstić information content (AvgIpc) is 2.63. The predicted molar refractivity (Wildman–Crippen MR) is 71.8 cm³/mol. The summed E-state index contributed by atoms with van der Waals surface area (Å²) in [5.74, 6) is -0.307. The van der Waals surface area contributed by atoms with Gasteiger partial charge in [0, 0.05) is 23.8 Å². The van der Waals surface area contributed by atoms with Gasteiger partial charge in [0.05, 0.1) is 12.7 Å². The summed E-state index contributed by atoms with van der Waals surface area (Å²) in [6, 6.07) is 7.66. The lowest BCUT2D eigenvalue weighted by Gasteiger charge is -2.36. The largest absolute Gasteiger partial charge is 0.465 e. The molecule has 98 valence electrons. The lowest BCUT2D eigenvalue weighted by Crippen LogP contribution is -2.48. The first-order valence-electron chi connectivity index (χ1n) is 6.18. The van der Waals surface area contributed by atoms with Crippen molar-refractivity contribution < 1.29 is 9.53 Å². The first kappa shape index (κ1) is 12.9. The van der Waals surface area contributed by atoms with Gasteiger partial charge >= 0.3 is 5.97 Å². The lowest BCUT2D eigenvalue weighted by molar-refractivity contribution is 0.0600. The number of hydrogen-bond acceptors (Lipinski definition) is 4. The fourth-order valence-electron chi connectivity index (χ4n) is 2.49. The van der Waals surface area contributed by atoms with Crippen LogP contribution in [0.5, 0.6) is 0 Å². The molecule has 0 aliphatic carbocycles. The minimum Gasteiger partial charge on any atom is -0.465 e. The van der Waals surface area contributed by atoms with Crippen LogP contribution in [0.1, 0.15) is 30.6 Å². The Morgan fingerprint density at radius 3 is 2.78 bits per heavy atom. The predicted octanol–water partition coefficient (Wildman–Crippen LogP) is 1.79. The second-order valence-electron chi connectivity index (χ2n) is 5.24. The molecule has 2 rings (SSSR count). The van der Waals surface area contributed by atoms with Crippen molar-refractivity contribution in [2.75, 3.05) is 18.6 Å². The zero-order chi connectivity index (χ0) is 13.3. The van der Waals surface area contributed by atoms with Crippen molar-refractivity contribution in [3.63, 3.8) is 0 Å². The zero-order valence-electron chi connectivity index (χ0n) is 11.1. The summed E-state index contributed by atoms with van der Waals surface area (Å²) in [4.78, 5) is 13.8. The second-order valence-corrected chi connectivity index (χ2v) is 5.24. The first-order chi connectivity index (χ1) is 8.46. The Morgan fingerprint density at radius 2 is 2.22 bits per heavy atom. The highest BCUT2D eigenvalue weighted by Crippen LogP contribution is 2.33. The van der Waals surface area contributed by atoms with Crippen molar-refractivity contribution in [2.24, 2.45) is 5.73 Å². The highest BCUT2D eigenvalue weighted by Gasteiger charge is 2.39. The molecule has 0 saturated carbocycles. The van der Waals surface area contributed by atoms with E-state index in [1.165, 1.54) is 7.11 Å². The van der Waals surface area contributed by atoms with E-state index in [0.29, 0.717) is 5.56 Å². The Hall–Kier alpha value is -1.55. The third-order valence-electron chi connectivity index (χ3n) is 3.85. The highest BCUT2D eigenvalue weighted by atomic mass is 16.5. The van der Waals surface area contributed by atoms with Crippen LogP contribution in [0.3, 0.4) is 0 Å². The van der Waals surface area contributed by atoms with Crippen molar-refractivity contribution in [1.82, 2.24) is 0 Å². The standard InChI is InChI=1S/C14H20N2O2/c1-14(2)12(15)7-8-16(14)11-6-4-5-10(9-11)13(17)18-3/h4-6,9,12H,7-8,15H2,1-3H3. The topological polar surface area (TPSA) is 55.6 Å². The molecule has 0 spiro atoms. The minimum atomic E-state index is -0.307. The summed E-state index contributed by atoms with van der Waals surface area (Å²) in [5, 5.41) is 0. The quantitative estimate of drug-likeness (QED) is 0.811. The van der Waals surface area contributed by atoms with Crippen molar-refractivity contribution in [3.05, 3.63) is 29.8 Å². The summed E-state index contributed by atoms with van der Waals surface area (Å²) >= 11 is 0. The van der Waals surface area contributed by atoms with Crippen molar-refractivity contribution in [1.29, 1.82) is 0 Å². The monoisotopic (exact) mass is 248 g/mol. The molecule has 2 N–H and O–H groups in total. The van der Waals surface area contributed by atoms with E-state index in [1.54, 1.807) is 6.07 Å². The summed E-state index contributed by atoms with van der Waals surface area (Å²) < 4.78 is 4.74. The molecule has 1 heterocycles. The fraction of sp³-hybridized carbons (Fsp3) is 0.500. The van der Waals surface area contributed by atoms with Gasteiger partial charge in [0.15, 0.2) is 0 Å². The van der Waals surface area contributed by atoms with E-state index in [0.717, 1.165) is 18.7 Å². The Balaban J connectivity index is 2.32. The van der Waals surface area contributed by atoms with Crippen LogP contribution < -0.4 is 10.6 Å². The third-order valence-corrected chi connectivity index (χ3v) is 3.85. The van der Waals surface area contributed by atoms with Gasteiger partial charge in [-0.3, -0.25) is 0 Å². The molecule has 4 heteroatoms. The normalized spacial score (nSPS) is 22.0. The van der Waals surface area contributed by atoms with Gasteiger partial charge < -0.3 is 15.4 Å². The number of rotatable bonds is 2. The van der Waals surface area contributed by atoms with Crippen LogP contribution in [0.2, 0.25) is 0 Å². The number of benzene rings is 1. The molecule has 4 nitrogen and oxygen atoms in total. The summed E-state index contributed by atoms with van der Waals surface area (Å²) in [7, 11) is 1.39. The summed E-state index contributed by atoms with van der Waals surface area (Å²) in [6.07, 6.45) is 0.968. The van der Waals surface area contributed by atoms with Gasteiger partial charge in [-0.1, -0.05) is 6.07 Å². The summed E-state index contributed by atoms with van der Waals surface area (Å²) in [5.41, 5.74) is 7.64. The Morgan fingerprint density at radius 1 is 1.50 bits per heavy atom. The molecule has 1 aliphatic rings. The van der Waals surface area contributed by atoms with E-state index >= 15 is 0 Å². The van der Waals surface area contributed by atoms with Crippen LogP contribution in [0.15, 0.2) is 24.3 Å². The van der Waals surface area contributed by atoms with Crippen molar-refractivity contribution in [2.45, 2.75) is 31.8 Å². The SMILES string of the molecule is COC(=O)c1cccc(N2CCC(N)C2(C)C)c1. The number of esters is 1. The molecular formula is C14H20N2O2. The number of methoxy groups -OCH3 is 1. The molecule has 1 aromatic rings. The van der Waals surface area contributed by atoms with Crippen LogP contribution in [0, 0.1) is 0 Å². The van der Waals surface area contributed by atoms with E-state index in [4.69, 9.17) is 10.5 Å². The fourth-order valence-corrected chi connectivity index (χ4v) is 2.49. The molecule has 0 bridgehead atoms. The molecule has 1 fully saturated rings. The van der Waals surface area contributed by atoms with Gasteiger partial charge in [0.2, 0.25) is 0 Å². The molecule has 0 radical (unpaired) electrons. The van der Waals surface area contributed by atoms with Crippen molar-refractivity contribution >= 4 is 11.7 Å². The van der Waals surface area contributed by atoms with E-state index < -0.39 is 0 Å². The Labute approximate surface area is 108 Å². The maximum absolute atomic E-state index is 11.5. The molecule has 18 heavy (non-hydrogen) atoms. The molecule has 1 aromatic carbocycles. The maximum Gasteiger partial charge on any atom is 0.337 e. The van der Waals surface area contributed by atoms with Crippen LogP contribution in [-0.2, 0) is 4.74 Å².